The topological polar surface area (TPSA) is 152 Å². The Bertz CT molecular complexity index is 766. The van der Waals surface area contributed by atoms with Gasteiger partial charge in [0, 0.05) is 0 Å². The maximum atomic E-state index is 12.4. The molecular formula is C17H12CrO9S. The van der Waals surface area contributed by atoms with Gasteiger partial charge in [0.05, 0.1) is 0 Å². The van der Waals surface area contributed by atoms with Crippen molar-refractivity contribution in [1.82, 2.24) is 0 Å². The van der Waals surface area contributed by atoms with E-state index < -0.39 is 9.84 Å². The Balaban J connectivity index is -0.000000251. The van der Waals surface area contributed by atoms with Gasteiger partial charge in [0.1, 0.15) is 0 Å². The standard InChI is InChI=1S/C12H12O4S.5CO.Cr/c1-15-9-11-12(7-8-16-11)17(13,14)10-5-3-2-4-6-10;5*1-2;/h2-6H,7-8H2,1H3;;;;;;. The molecule has 0 fully saturated rings. The van der Waals surface area contributed by atoms with Gasteiger partial charge in [-0.15, -0.1) is 0 Å². The van der Waals surface area contributed by atoms with Crippen LogP contribution >= 0.6 is 0 Å². The molecule has 0 spiro atoms. The molecular weight excluding hydrogens is 432 g/mol. The Morgan fingerprint density at radius 1 is 0.964 bits per heavy atom. The summed E-state index contributed by atoms with van der Waals surface area (Å²) in [7, 11) is -2.04. The van der Waals surface area contributed by atoms with Crippen molar-refractivity contribution < 1.29 is 57.0 Å². The van der Waals surface area contributed by atoms with Crippen LogP contribution in [0.2, 0.25) is 0 Å². The van der Waals surface area contributed by atoms with Crippen molar-refractivity contribution in [1.29, 1.82) is 0 Å². The minimum atomic E-state index is -3.51. The molecule has 0 saturated carbocycles. The second-order valence-electron chi connectivity index (χ2n) is 3.66. The van der Waals surface area contributed by atoms with Crippen LogP contribution in [-0.4, -0.2) is 26.7 Å². The van der Waals surface area contributed by atoms with E-state index in [1.54, 1.807) is 30.3 Å². The molecule has 1 aromatic carbocycles. The zero-order valence-electron chi connectivity index (χ0n) is 14.3. The number of rotatable bonds is 4. The van der Waals surface area contributed by atoms with Crippen LogP contribution in [-0.2, 0) is 58.4 Å². The van der Waals surface area contributed by atoms with Gasteiger partial charge in [-0.2, -0.15) is 0 Å². The van der Waals surface area contributed by atoms with Crippen LogP contribution in [0.3, 0.4) is 0 Å². The molecule has 28 heavy (non-hydrogen) atoms. The second-order valence-corrected chi connectivity index (χ2v) is 6.21. The summed E-state index contributed by atoms with van der Waals surface area (Å²) >= 11 is 2.67. The van der Waals surface area contributed by atoms with Gasteiger partial charge in [0.25, 0.3) is 0 Å². The Morgan fingerprint density at radius 3 is 1.79 bits per heavy atom. The van der Waals surface area contributed by atoms with Gasteiger partial charge in [-0.1, -0.05) is 0 Å². The van der Waals surface area contributed by atoms with E-state index in [9.17, 15) is 8.42 Å². The molecule has 2 rings (SSSR count). The summed E-state index contributed by atoms with van der Waals surface area (Å²) in [6.45, 7) is 22.9. The van der Waals surface area contributed by atoms with Gasteiger partial charge in [-0.3, -0.25) is 0 Å². The number of ether oxygens (including phenoxy) is 2. The summed E-state index contributed by atoms with van der Waals surface area (Å²) in [6.07, 6.45) is 0.362. The van der Waals surface area contributed by atoms with Gasteiger partial charge in [-0.05, 0) is 0 Å². The third-order valence-electron chi connectivity index (χ3n) is 2.58. The Labute approximate surface area is 170 Å². The van der Waals surface area contributed by atoms with Gasteiger partial charge in [-0.25, -0.2) is 0 Å². The molecule has 0 aromatic heterocycles. The Morgan fingerprint density at radius 2 is 1.39 bits per heavy atom. The molecule has 0 bridgehead atoms. The predicted octanol–water partition coefficient (Wildman–Crippen LogP) is 1.23. The molecule has 0 atom stereocenters. The molecule has 1 aromatic rings. The van der Waals surface area contributed by atoms with Crippen LogP contribution in [0.4, 0.5) is 0 Å². The van der Waals surface area contributed by atoms with E-state index in [2.05, 4.69) is 49.1 Å². The number of methoxy groups -OCH3 is 1. The maximum absolute atomic E-state index is 12.4. The zero-order chi connectivity index (χ0) is 23.2. The quantitative estimate of drug-likeness (QED) is 0.506. The molecule has 146 valence electrons. The van der Waals surface area contributed by atoms with Crippen molar-refractivity contribution in [2.24, 2.45) is 0 Å². The zero-order valence-corrected chi connectivity index (χ0v) is 16.4. The molecule has 11 heteroatoms. The van der Waals surface area contributed by atoms with Crippen molar-refractivity contribution in [3.05, 3.63) is 74.2 Å². The second kappa shape index (κ2) is 22.8. The van der Waals surface area contributed by atoms with E-state index in [0.29, 0.717) is 23.4 Å². The predicted molar refractivity (Wildman–Crippen MR) is 82.9 cm³/mol. The molecule has 0 unspecified atom stereocenters. The monoisotopic (exact) mass is 444 g/mol. The van der Waals surface area contributed by atoms with Crippen LogP contribution in [0.25, 0.3) is 0 Å². The molecule has 0 aliphatic carbocycles. The third-order valence-corrected chi connectivity index (χ3v) is 5.06. The summed E-state index contributed by atoms with van der Waals surface area (Å²) in [4.78, 5) is 0.538. The van der Waals surface area contributed by atoms with E-state index in [0.717, 1.165) is 0 Å². The van der Waals surface area contributed by atoms with E-state index in [1.807, 2.05) is 0 Å². The fraction of sp³-hybridized carbons (Fsp3) is 0.176. The van der Waals surface area contributed by atoms with Crippen LogP contribution in [0, 0.1) is 33.3 Å². The van der Waals surface area contributed by atoms with Crippen LogP contribution in [0.15, 0.2) is 45.9 Å². The summed E-state index contributed by atoms with van der Waals surface area (Å²) in [5.74, 6) is 0.293. The molecule has 1 aliphatic rings. The first-order valence-corrected chi connectivity index (χ1v) is 8.46. The van der Waals surface area contributed by atoms with Crippen molar-refractivity contribution >= 4 is 14.4 Å². The molecule has 1 heterocycles. The molecule has 9 nitrogen and oxygen atoms in total. The first-order valence-electron chi connectivity index (χ1n) is 6.34. The SMILES string of the molecule is CO[C](=[Cr])C1=C(S(=O)(=O)c2ccccc2)CCO1.[C-]#[O+].[C-]#[O+].[C-]#[O+].[C-]#[O+].[C-]#[O+]. The van der Waals surface area contributed by atoms with E-state index in [4.69, 9.17) is 32.7 Å². The molecule has 0 N–H and O–H groups in total. The van der Waals surface area contributed by atoms with Crippen LogP contribution in [0.5, 0.6) is 0 Å². The van der Waals surface area contributed by atoms with Gasteiger partial charge in [0.15, 0.2) is 0 Å². The normalized spacial score (nSPS) is 10.4. The average Bonchev–Trinajstić information content (AvgIpc) is 3.32. The van der Waals surface area contributed by atoms with Crippen molar-refractivity contribution in [2.75, 3.05) is 13.7 Å². The summed E-state index contributed by atoms with van der Waals surface area (Å²) in [5, 5.41) is 0. The van der Waals surface area contributed by atoms with Gasteiger partial charge in [0.2, 0.25) is 0 Å². The van der Waals surface area contributed by atoms with Crippen molar-refractivity contribution in [3.8, 4) is 0 Å². The van der Waals surface area contributed by atoms with Crippen molar-refractivity contribution in [3.63, 3.8) is 0 Å². The fourth-order valence-corrected chi connectivity index (χ4v) is 3.64. The number of sulfone groups is 1. The summed E-state index contributed by atoms with van der Waals surface area (Å²) in [5.41, 5.74) is 0. The van der Waals surface area contributed by atoms with E-state index >= 15 is 0 Å². The number of hydrogen-bond donors (Lipinski definition) is 0. The summed E-state index contributed by atoms with van der Waals surface area (Å²) in [6, 6.07) is 8.32. The average molecular weight is 444 g/mol. The molecule has 0 saturated heterocycles. The number of hydrogen-bond acceptors (Lipinski definition) is 4. The molecule has 0 amide bonds. The molecule has 1 aliphatic heterocycles. The van der Waals surface area contributed by atoms with Crippen molar-refractivity contribution in [2.45, 2.75) is 11.3 Å². The minimum absolute atomic E-state index is 0.268. The van der Waals surface area contributed by atoms with Crippen LogP contribution < -0.4 is 0 Å². The Hall–Kier alpha value is -2.23. The fourth-order valence-electron chi connectivity index (χ4n) is 1.70. The first-order chi connectivity index (χ1) is 13.6. The van der Waals surface area contributed by atoms with Gasteiger partial charge >= 0.3 is 171 Å². The van der Waals surface area contributed by atoms with E-state index in [-0.39, 0.29) is 9.80 Å². The summed E-state index contributed by atoms with van der Waals surface area (Å²) < 4.78 is 73.1. The van der Waals surface area contributed by atoms with Gasteiger partial charge < -0.3 is 0 Å². The third kappa shape index (κ3) is 10.8. The Kier molecular flexibility index (Phi) is 27.2. The first kappa shape index (κ1) is 33.4. The van der Waals surface area contributed by atoms with Crippen LogP contribution in [0.1, 0.15) is 6.42 Å². The number of benzene rings is 1. The molecule has 0 radical (unpaired) electrons. The van der Waals surface area contributed by atoms with E-state index in [1.165, 1.54) is 7.11 Å².